The molecule has 0 aliphatic rings. The molecule has 2 nitrogen and oxygen atoms in total. The Morgan fingerprint density at radius 2 is 2.06 bits per heavy atom. The third-order valence-corrected chi connectivity index (χ3v) is 3.26. The summed E-state index contributed by atoms with van der Waals surface area (Å²) < 4.78 is 5.70. The molecule has 0 unspecified atom stereocenters. The van der Waals surface area contributed by atoms with Crippen LogP contribution in [0.2, 0.25) is 0 Å². The molecule has 0 aliphatic heterocycles. The van der Waals surface area contributed by atoms with Crippen LogP contribution < -0.4 is 10.1 Å². The molecule has 0 atom stereocenters. The van der Waals surface area contributed by atoms with Crippen LogP contribution in [0.4, 0.5) is 5.69 Å². The molecule has 0 radical (unpaired) electrons. The van der Waals surface area contributed by atoms with Crippen LogP contribution in [0.1, 0.15) is 18.2 Å². The summed E-state index contributed by atoms with van der Waals surface area (Å²) in [5.74, 6) is 0.936. The molecule has 1 aromatic heterocycles. The summed E-state index contributed by atoms with van der Waals surface area (Å²) in [5.41, 5.74) is 1.06. The largest absolute Gasteiger partial charge is 0.491 e. The average Bonchev–Trinajstić information content (AvgIpc) is 2.88. The second-order valence-electron chi connectivity index (χ2n) is 3.78. The zero-order chi connectivity index (χ0) is 11.9. The lowest BCUT2D eigenvalue weighted by Gasteiger charge is -2.12. The summed E-state index contributed by atoms with van der Waals surface area (Å²) in [5, 5.41) is 5.50. The van der Waals surface area contributed by atoms with Crippen LogP contribution in [0.3, 0.4) is 0 Å². The maximum atomic E-state index is 5.70. The summed E-state index contributed by atoms with van der Waals surface area (Å²) in [6, 6.07) is 12.3. The van der Waals surface area contributed by atoms with Crippen LogP contribution in [0.25, 0.3) is 0 Å². The predicted molar refractivity (Wildman–Crippen MR) is 73.9 cm³/mol. The number of rotatable bonds is 6. The van der Waals surface area contributed by atoms with Gasteiger partial charge in [0.15, 0.2) is 0 Å². The normalized spacial score (nSPS) is 10.2. The Labute approximate surface area is 106 Å². The minimum Gasteiger partial charge on any atom is -0.491 e. The van der Waals surface area contributed by atoms with E-state index in [4.69, 9.17) is 4.74 Å². The maximum absolute atomic E-state index is 5.70. The third kappa shape index (κ3) is 3.49. The first-order valence-corrected chi connectivity index (χ1v) is 6.76. The number of hydrogen-bond donors (Lipinski definition) is 1. The first-order valence-electron chi connectivity index (χ1n) is 5.88. The maximum Gasteiger partial charge on any atom is 0.142 e. The molecule has 0 bridgehead atoms. The van der Waals surface area contributed by atoms with E-state index in [-0.39, 0.29) is 0 Å². The van der Waals surface area contributed by atoms with Gasteiger partial charge in [0, 0.05) is 11.4 Å². The van der Waals surface area contributed by atoms with E-state index in [1.807, 2.05) is 18.2 Å². The van der Waals surface area contributed by atoms with E-state index >= 15 is 0 Å². The Kier molecular flexibility index (Phi) is 4.45. The van der Waals surface area contributed by atoms with Crippen molar-refractivity contribution in [3.63, 3.8) is 0 Å². The van der Waals surface area contributed by atoms with Crippen molar-refractivity contribution in [1.29, 1.82) is 0 Å². The minimum atomic E-state index is 0.762. The van der Waals surface area contributed by atoms with Crippen LogP contribution in [0.5, 0.6) is 5.75 Å². The van der Waals surface area contributed by atoms with Crippen molar-refractivity contribution in [3.05, 3.63) is 46.7 Å². The Morgan fingerprint density at radius 1 is 1.18 bits per heavy atom. The minimum absolute atomic E-state index is 0.762. The zero-order valence-corrected chi connectivity index (χ0v) is 10.8. The summed E-state index contributed by atoms with van der Waals surface area (Å²) >= 11 is 1.76. The number of thiophene rings is 1. The molecule has 2 rings (SSSR count). The lowest BCUT2D eigenvalue weighted by atomic mass is 10.3. The second-order valence-corrected chi connectivity index (χ2v) is 4.81. The molecular weight excluding hydrogens is 230 g/mol. The fourth-order valence-electron chi connectivity index (χ4n) is 1.55. The van der Waals surface area contributed by atoms with Crippen LogP contribution >= 0.6 is 11.3 Å². The molecule has 0 spiro atoms. The lowest BCUT2D eigenvalue weighted by Crippen LogP contribution is -2.02. The van der Waals surface area contributed by atoms with Gasteiger partial charge in [0.05, 0.1) is 12.3 Å². The molecule has 3 heteroatoms. The smallest absolute Gasteiger partial charge is 0.142 e. The molecule has 0 saturated carbocycles. The zero-order valence-electron chi connectivity index (χ0n) is 9.98. The number of para-hydroxylation sites is 2. The van der Waals surface area contributed by atoms with Crippen LogP contribution in [0.15, 0.2) is 41.8 Å². The van der Waals surface area contributed by atoms with E-state index in [0.717, 1.165) is 31.0 Å². The van der Waals surface area contributed by atoms with E-state index in [0.29, 0.717) is 0 Å². The van der Waals surface area contributed by atoms with E-state index in [1.165, 1.54) is 4.88 Å². The molecule has 2 aromatic rings. The van der Waals surface area contributed by atoms with Gasteiger partial charge in [-0.2, -0.15) is 0 Å². The van der Waals surface area contributed by atoms with Gasteiger partial charge in [0.25, 0.3) is 0 Å². The first-order chi connectivity index (χ1) is 8.40. The summed E-state index contributed by atoms with van der Waals surface area (Å²) in [6.07, 6.45) is 1.03. The average molecular weight is 247 g/mol. The van der Waals surface area contributed by atoms with Gasteiger partial charge in [-0.3, -0.25) is 0 Å². The second kappa shape index (κ2) is 6.30. The SMILES string of the molecule is CCCOc1ccccc1NCc1cccs1. The van der Waals surface area contributed by atoms with Crippen molar-refractivity contribution >= 4 is 17.0 Å². The molecule has 1 aromatic carbocycles. The van der Waals surface area contributed by atoms with Gasteiger partial charge in [-0.05, 0) is 30.0 Å². The van der Waals surface area contributed by atoms with Gasteiger partial charge < -0.3 is 10.1 Å². The highest BCUT2D eigenvalue weighted by molar-refractivity contribution is 7.09. The number of hydrogen-bond acceptors (Lipinski definition) is 3. The van der Waals surface area contributed by atoms with Gasteiger partial charge in [-0.15, -0.1) is 11.3 Å². The quantitative estimate of drug-likeness (QED) is 0.828. The number of nitrogens with one attached hydrogen (secondary N) is 1. The summed E-state index contributed by atoms with van der Waals surface area (Å²) in [6.45, 7) is 3.73. The van der Waals surface area contributed by atoms with Crippen LogP contribution in [-0.4, -0.2) is 6.61 Å². The van der Waals surface area contributed by atoms with Crippen molar-refractivity contribution in [1.82, 2.24) is 0 Å². The molecule has 0 amide bonds. The van der Waals surface area contributed by atoms with E-state index in [2.05, 4.69) is 35.8 Å². The summed E-state index contributed by atoms with van der Waals surface area (Å²) in [4.78, 5) is 1.33. The fourth-order valence-corrected chi connectivity index (χ4v) is 2.19. The highest BCUT2D eigenvalue weighted by Gasteiger charge is 2.02. The Bertz CT molecular complexity index is 439. The highest BCUT2D eigenvalue weighted by Crippen LogP contribution is 2.24. The molecule has 0 fully saturated rings. The molecule has 1 N–H and O–H groups in total. The molecule has 1 heterocycles. The number of anilines is 1. The standard InChI is InChI=1S/C14H17NOS/c1-2-9-16-14-8-4-3-7-13(14)15-11-12-6-5-10-17-12/h3-8,10,15H,2,9,11H2,1H3. The third-order valence-electron chi connectivity index (χ3n) is 2.38. The fraction of sp³-hybridized carbons (Fsp3) is 0.286. The van der Waals surface area contributed by atoms with E-state index < -0.39 is 0 Å². The van der Waals surface area contributed by atoms with Crippen LogP contribution in [-0.2, 0) is 6.54 Å². The monoisotopic (exact) mass is 247 g/mol. The number of ether oxygens (including phenoxy) is 1. The van der Waals surface area contributed by atoms with E-state index in [9.17, 15) is 0 Å². The predicted octanol–water partition coefficient (Wildman–Crippen LogP) is 4.15. The lowest BCUT2D eigenvalue weighted by molar-refractivity contribution is 0.319. The molecule has 0 saturated heterocycles. The molecular formula is C14H17NOS. The Hall–Kier alpha value is -1.48. The van der Waals surface area contributed by atoms with Gasteiger partial charge in [0.2, 0.25) is 0 Å². The molecule has 90 valence electrons. The van der Waals surface area contributed by atoms with E-state index in [1.54, 1.807) is 11.3 Å². The number of benzene rings is 1. The first kappa shape index (κ1) is 12.0. The molecule has 17 heavy (non-hydrogen) atoms. The van der Waals surface area contributed by atoms with Crippen molar-refractivity contribution in [2.45, 2.75) is 19.9 Å². The summed E-state index contributed by atoms with van der Waals surface area (Å²) in [7, 11) is 0. The van der Waals surface area contributed by atoms with Crippen LogP contribution in [0, 0.1) is 0 Å². The highest BCUT2D eigenvalue weighted by atomic mass is 32.1. The van der Waals surface area contributed by atoms with Crippen molar-refractivity contribution < 1.29 is 4.74 Å². The van der Waals surface area contributed by atoms with Crippen molar-refractivity contribution in [2.24, 2.45) is 0 Å². The topological polar surface area (TPSA) is 21.3 Å². The Morgan fingerprint density at radius 3 is 2.82 bits per heavy atom. The van der Waals surface area contributed by atoms with Crippen molar-refractivity contribution in [2.75, 3.05) is 11.9 Å². The van der Waals surface area contributed by atoms with Gasteiger partial charge >= 0.3 is 0 Å². The van der Waals surface area contributed by atoms with Gasteiger partial charge in [-0.25, -0.2) is 0 Å². The molecule has 0 aliphatic carbocycles. The van der Waals surface area contributed by atoms with Gasteiger partial charge in [-0.1, -0.05) is 25.1 Å². The Balaban J connectivity index is 1.99. The van der Waals surface area contributed by atoms with Gasteiger partial charge in [0.1, 0.15) is 5.75 Å². The van der Waals surface area contributed by atoms with Crippen molar-refractivity contribution in [3.8, 4) is 5.75 Å².